The van der Waals surface area contributed by atoms with E-state index in [1.54, 1.807) is 30.1 Å². The van der Waals surface area contributed by atoms with Crippen molar-refractivity contribution in [3.8, 4) is 0 Å². The largest absolute Gasteiger partial charge is 0.369 e. The van der Waals surface area contributed by atoms with Crippen molar-refractivity contribution < 1.29 is 4.79 Å². The van der Waals surface area contributed by atoms with E-state index in [0.29, 0.717) is 18.7 Å². The first kappa shape index (κ1) is 20.6. The maximum atomic E-state index is 12.3. The second-order valence-electron chi connectivity index (χ2n) is 6.09. The molecule has 2 aromatic heterocycles. The van der Waals surface area contributed by atoms with Gasteiger partial charge in [0.1, 0.15) is 5.82 Å². The van der Waals surface area contributed by atoms with Gasteiger partial charge < -0.3 is 10.6 Å². The molecule has 0 radical (unpaired) electrons. The Morgan fingerprint density at radius 1 is 1.25 bits per heavy atom. The van der Waals surface area contributed by atoms with Crippen LogP contribution in [0.2, 0.25) is 0 Å². The number of nitrogens with one attached hydrogen (secondary N) is 2. The number of anilines is 1. The number of amides is 1. The van der Waals surface area contributed by atoms with Gasteiger partial charge in [0, 0.05) is 23.1 Å². The van der Waals surface area contributed by atoms with Crippen LogP contribution in [0.4, 0.5) is 5.82 Å². The fraction of sp³-hybridized carbons (Fsp3) is 0.368. The molecule has 2 heterocycles. The molecule has 148 valence electrons. The predicted octanol–water partition coefficient (Wildman–Crippen LogP) is 3.95. The van der Waals surface area contributed by atoms with E-state index < -0.39 is 0 Å². The number of rotatable bonds is 9. The van der Waals surface area contributed by atoms with Crippen molar-refractivity contribution in [2.24, 2.45) is 0 Å². The number of thioether (sulfide) groups is 1. The highest BCUT2D eigenvalue weighted by atomic mass is 79.9. The summed E-state index contributed by atoms with van der Waals surface area (Å²) >= 11 is 4.98. The number of carbonyl (C=O) groups excluding carboxylic acids is 1. The summed E-state index contributed by atoms with van der Waals surface area (Å²) in [7, 11) is 0. The van der Waals surface area contributed by atoms with Crippen LogP contribution in [0, 0.1) is 0 Å². The Bertz CT molecular complexity index is 961. The van der Waals surface area contributed by atoms with Gasteiger partial charge in [0.15, 0.2) is 10.8 Å². The molecule has 0 unspecified atom stereocenters. The van der Waals surface area contributed by atoms with Gasteiger partial charge in [-0.3, -0.25) is 4.79 Å². The van der Waals surface area contributed by atoms with Gasteiger partial charge in [-0.1, -0.05) is 47.6 Å². The van der Waals surface area contributed by atoms with E-state index >= 15 is 0 Å². The first-order valence-electron chi connectivity index (χ1n) is 9.26. The van der Waals surface area contributed by atoms with E-state index in [2.05, 4.69) is 55.5 Å². The van der Waals surface area contributed by atoms with E-state index in [0.717, 1.165) is 45.2 Å². The number of benzene rings is 1. The lowest BCUT2D eigenvalue weighted by Gasteiger charge is -2.09. The standard InChI is InChI=1S/C19H23BrN6OS/c1-3-8-21-16-15-12-23-26(17(15)25-19(24-16)28-4-2)10-9-22-18(27)13-6-5-7-14(20)11-13/h5-7,11-12H,3-4,8-10H2,1-2H3,(H,22,27)(H,21,24,25). The van der Waals surface area contributed by atoms with Gasteiger partial charge in [-0.15, -0.1) is 0 Å². The van der Waals surface area contributed by atoms with Crippen LogP contribution in [0.3, 0.4) is 0 Å². The molecule has 0 saturated heterocycles. The summed E-state index contributed by atoms with van der Waals surface area (Å²) in [6, 6.07) is 7.32. The number of hydrogen-bond donors (Lipinski definition) is 2. The SMILES string of the molecule is CCCNc1nc(SCC)nc2c1cnn2CCNC(=O)c1cccc(Br)c1. The Labute approximate surface area is 176 Å². The van der Waals surface area contributed by atoms with Crippen LogP contribution in [-0.2, 0) is 6.54 Å². The summed E-state index contributed by atoms with van der Waals surface area (Å²) in [5.41, 5.74) is 1.40. The van der Waals surface area contributed by atoms with Gasteiger partial charge >= 0.3 is 0 Å². The molecule has 0 aliphatic carbocycles. The summed E-state index contributed by atoms with van der Waals surface area (Å²) in [6.07, 6.45) is 2.79. The minimum absolute atomic E-state index is 0.111. The molecule has 28 heavy (non-hydrogen) atoms. The second kappa shape index (κ2) is 9.88. The molecular formula is C19H23BrN6OS. The number of carbonyl (C=O) groups is 1. The number of aromatic nitrogens is 4. The fourth-order valence-electron chi connectivity index (χ4n) is 2.68. The average molecular weight is 463 g/mol. The van der Waals surface area contributed by atoms with Gasteiger partial charge in [0.25, 0.3) is 5.91 Å². The van der Waals surface area contributed by atoms with Crippen molar-refractivity contribution in [3.05, 3.63) is 40.5 Å². The second-order valence-corrected chi connectivity index (χ2v) is 8.23. The van der Waals surface area contributed by atoms with Crippen LogP contribution in [-0.4, -0.2) is 44.5 Å². The normalized spacial score (nSPS) is 11.0. The van der Waals surface area contributed by atoms with E-state index in [1.807, 2.05) is 16.8 Å². The highest BCUT2D eigenvalue weighted by molar-refractivity contribution is 9.10. The highest BCUT2D eigenvalue weighted by Gasteiger charge is 2.13. The van der Waals surface area contributed by atoms with Gasteiger partial charge in [-0.05, 0) is 30.4 Å². The van der Waals surface area contributed by atoms with E-state index in [9.17, 15) is 4.79 Å². The molecule has 2 N–H and O–H groups in total. The van der Waals surface area contributed by atoms with Crippen molar-refractivity contribution in [3.63, 3.8) is 0 Å². The van der Waals surface area contributed by atoms with E-state index in [4.69, 9.17) is 0 Å². The summed E-state index contributed by atoms with van der Waals surface area (Å²) in [4.78, 5) is 21.6. The van der Waals surface area contributed by atoms with Crippen molar-refractivity contribution in [1.82, 2.24) is 25.1 Å². The average Bonchev–Trinajstić information content (AvgIpc) is 3.09. The summed E-state index contributed by atoms with van der Waals surface area (Å²) < 4.78 is 2.69. The summed E-state index contributed by atoms with van der Waals surface area (Å²) in [6.45, 7) is 6.02. The third-order valence-corrected chi connectivity index (χ3v) is 5.21. The minimum atomic E-state index is -0.111. The molecule has 3 rings (SSSR count). The lowest BCUT2D eigenvalue weighted by atomic mass is 10.2. The molecule has 0 aliphatic rings. The van der Waals surface area contributed by atoms with E-state index in [-0.39, 0.29) is 5.91 Å². The maximum absolute atomic E-state index is 12.3. The van der Waals surface area contributed by atoms with Crippen LogP contribution in [0.5, 0.6) is 0 Å². The van der Waals surface area contributed by atoms with E-state index in [1.165, 1.54) is 0 Å². The van der Waals surface area contributed by atoms with Crippen molar-refractivity contribution in [2.75, 3.05) is 24.2 Å². The van der Waals surface area contributed by atoms with Crippen molar-refractivity contribution >= 4 is 50.5 Å². The molecule has 1 aromatic carbocycles. The van der Waals surface area contributed by atoms with Crippen molar-refractivity contribution in [2.45, 2.75) is 32.0 Å². The molecule has 0 atom stereocenters. The molecule has 0 aliphatic heterocycles. The monoisotopic (exact) mass is 462 g/mol. The third kappa shape index (κ3) is 5.02. The number of nitrogens with zero attached hydrogens (tertiary/aromatic N) is 4. The molecule has 0 bridgehead atoms. The Balaban J connectivity index is 1.73. The summed E-state index contributed by atoms with van der Waals surface area (Å²) in [5, 5.41) is 12.4. The molecule has 3 aromatic rings. The van der Waals surface area contributed by atoms with Gasteiger partial charge in [0.05, 0.1) is 18.1 Å². The van der Waals surface area contributed by atoms with Gasteiger partial charge in [0.2, 0.25) is 0 Å². The third-order valence-electron chi connectivity index (χ3n) is 3.99. The molecule has 1 amide bonds. The predicted molar refractivity (Wildman–Crippen MR) is 117 cm³/mol. The Morgan fingerprint density at radius 2 is 2.11 bits per heavy atom. The smallest absolute Gasteiger partial charge is 0.251 e. The van der Waals surface area contributed by atoms with Crippen LogP contribution in [0.25, 0.3) is 11.0 Å². The molecular weight excluding hydrogens is 440 g/mol. The lowest BCUT2D eigenvalue weighted by molar-refractivity contribution is 0.0952. The topological polar surface area (TPSA) is 84.7 Å². The Hall–Kier alpha value is -2.13. The first-order valence-corrected chi connectivity index (χ1v) is 11.0. The molecule has 0 fully saturated rings. The quantitative estimate of drug-likeness (QED) is 0.369. The Kier molecular flexibility index (Phi) is 7.27. The zero-order valence-corrected chi connectivity index (χ0v) is 18.3. The number of hydrogen-bond acceptors (Lipinski definition) is 6. The zero-order valence-electron chi connectivity index (χ0n) is 15.9. The van der Waals surface area contributed by atoms with Crippen molar-refractivity contribution in [1.29, 1.82) is 0 Å². The number of halogens is 1. The fourth-order valence-corrected chi connectivity index (χ4v) is 3.64. The molecule has 7 nitrogen and oxygen atoms in total. The number of fused-ring (bicyclic) bond motifs is 1. The zero-order chi connectivity index (χ0) is 19.9. The molecule has 0 spiro atoms. The van der Waals surface area contributed by atoms with Crippen LogP contribution >= 0.6 is 27.7 Å². The van der Waals surface area contributed by atoms with Gasteiger partial charge in [-0.2, -0.15) is 5.10 Å². The van der Waals surface area contributed by atoms with Crippen LogP contribution in [0.1, 0.15) is 30.6 Å². The highest BCUT2D eigenvalue weighted by Crippen LogP contribution is 2.24. The Morgan fingerprint density at radius 3 is 2.86 bits per heavy atom. The molecule has 9 heteroatoms. The first-order chi connectivity index (χ1) is 13.6. The van der Waals surface area contributed by atoms with Gasteiger partial charge in [-0.25, -0.2) is 14.6 Å². The lowest BCUT2D eigenvalue weighted by Crippen LogP contribution is -2.27. The van der Waals surface area contributed by atoms with Crippen LogP contribution < -0.4 is 10.6 Å². The minimum Gasteiger partial charge on any atom is -0.369 e. The summed E-state index contributed by atoms with van der Waals surface area (Å²) in [5.74, 6) is 1.60. The molecule has 0 saturated carbocycles. The van der Waals surface area contributed by atoms with Crippen LogP contribution in [0.15, 0.2) is 40.1 Å². The maximum Gasteiger partial charge on any atom is 0.251 e.